The number of carbonyl (C=O) groups is 3. The largest absolute Gasteiger partial charge is 0.484 e. The fourth-order valence-corrected chi connectivity index (χ4v) is 4.07. The number of halogens is 1. The summed E-state index contributed by atoms with van der Waals surface area (Å²) >= 11 is 5.91. The van der Waals surface area contributed by atoms with Crippen molar-refractivity contribution in [2.75, 3.05) is 11.9 Å². The number of aliphatic carboxylic acids is 1. The van der Waals surface area contributed by atoms with Gasteiger partial charge in [-0.25, -0.2) is 4.79 Å². The standard InChI is InChI=1S/C25H29ClN2O5/c1-25(2,24(31)32)28-23(30)18-8-6-16(7-9-18)17-10-12-20(13-11-17)27-22(29)15-33-21-5-3-4-19(26)14-21/h3-5,10-14,16,18H,6-9,15H2,1-2H3,(H,27,29)(H,28,30)(H,31,32). The highest BCUT2D eigenvalue weighted by Crippen LogP contribution is 2.36. The van der Waals surface area contributed by atoms with Crippen molar-refractivity contribution in [3.63, 3.8) is 0 Å². The number of carboxylic acids is 1. The molecule has 1 aliphatic carbocycles. The number of benzene rings is 2. The van der Waals surface area contributed by atoms with Crippen molar-refractivity contribution in [3.05, 3.63) is 59.1 Å². The van der Waals surface area contributed by atoms with Crippen molar-refractivity contribution in [2.24, 2.45) is 5.92 Å². The van der Waals surface area contributed by atoms with Crippen molar-refractivity contribution in [2.45, 2.75) is 51.0 Å². The third-order valence-electron chi connectivity index (χ3n) is 5.90. The van der Waals surface area contributed by atoms with E-state index in [0.29, 0.717) is 35.2 Å². The van der Waals surface area contributed by atoms with Crippen LogP contribution in [0.2, 0.25) is 5.02 Å². The summed E-state index contributed by atoms with van der Waals surface area (Å²) in [5, 5.41) is 15.2. The van der Waals surface area contributed by atoms with E-state index in [4.69, 9.17) is 16.3 Å². The van der Waals surface area contributed by atoms with E-state index >= 15 is 0 Å². The Balaban J connectivity index is 1.46. The summed E-state index contributed by atoms with van der Waals surface area (Å²) in [5.41, 5.74) is 0.572. The third-order valence-corrected chi connectivity index (χ3v) is 6.14. The Morgan fingerprint density at radius 3 is 2.33 bits per heavy atom. The first kappa shape index (κ1) is 24.6. The molecule has 0 aliphatic heterocycles. The van der Waals surface area contributed by atoms with Gasteiger partial charge in [-0.15, -0.1) is 0 Å². The Morgan fingerprint density at radius 1 is 1.06 bits per heavy atom. The maximum Gasteiger partial charge on any atom is 0.328 e. The minimum Gasteiger partial charge on any atom is -0.484 e. The zero-order valence-corrected chi connectivity index (χ0v) is 19.5. The van der Waals surface area contributed by atoms with Gasteiger partial charge < -0.3 is 20.5 Å². The minimum absolute atomic E-state index is 0.118. The van der Waals surface area contributed by atoms with Gasteiger partial charge in [-0.05, 0) is 81.3 Å². The second-order valence-electron chi connectivity index (χ2n) is 8.88. The van der Waals surface area contributed by atoms with Gasteiger partial charge in [0.05, 0.1) is 0 Å². The van der Waals surface area contributed by atoms with Crippen LogP contribution in [-0.2, 0) is 14.4 Å². The van der Waals surface area contributed by atoms with E-state index in [-0.39, 0.29) is 24.3 Å². The molecule has 33 heavy (non-hydrogen) atoms. The SMILES string of the molecule is CC(C)(NC(=O)C1CCC(c2ccc(NC(=O)COc3cccc(Cl)c3)cc2)CC1)C(=O)O. The molecule has 2 aromatic carbocycles. The van der Waals surface area contributed by atoms with Crippen LogP contribution in [0.3, 0.4) is 0 Å². The van der Waals surface area contributed by atoms with E-state index in [2.05, 4.69) is 10.6 Å². The van der Waals surface area contributed by atoms with E-state index in [1.807, 2.05) is 24.3 Å². The molecule has 0 unspecified atom stereocenters. The van der Waals surface area contributed by atoms with E-state index < -0.39 is 11.5 Å². The maximum absolute atomic E-state index is 12.4. The average Bonchev–Trinajstić information content (AvgIpc) is 2.78. The molecule has 0 atom stereocenters. The Labute approximate surface area is 198 Å². The number of ether oxygens (including phenoxy) is 1. The number of anilines is 1. The number of nitrogens with one attached hydrogen (secondary N) is 2. The van der Waals surface area contributed by atoms with Gasteiger partial charge >= 0.3 is 5.97 Å². The van der Waals surface area contributed by atoms with Crippen LogP contribution < -0.4 is 15.4 Å². The molecular formula is C25H29ClN2O5. The lowest BCUT2D eigenvalue weighted by Crippen LogP contribution is -2.51. The number of rotatable bonds is 8. The van der Waals surface area contributed by atoms with E-state index in [0.717, 1.165) is 18.4 Å². The summed E-state index contributed by atoms with van der Waals surface area (Å²) in [5.74, 6) is -0.815. The molecule has 3 rings (SSSR count). The summed E-state index contributed by atoms with van der Waals surface area (Å²) < 4.78 is 5.45. The quantitative estimate of drug-likeness (QED) is 0.520. The average molecular weight is 473 g/mol. The minimum atomic E-state index is -1.27. The third kappa shape index (κ3) is 6.96. The smallest absolute Gasteiger partial charge is 0.328 e. The fourth-order valence-electron chi connectivity index (χ4n) is 3.89. The monoisotopic (exact) mass is 472 g/mol. The first-order valence-electron chi connectivity index (χ1n) is 11.0. The number of hydrogen-bond acceptors (Lipinski definition) is 4. The predicted octanol–water partition coefficient (Wildman–Crippen LogP) is 4.61. The highest BCUT2D eigenvalue weighted by molar-refractivity contribution is 6.30. The van der Waals surface area contributed by atoms with Gasteiger partial charge in [0.15, 0.2) is 6.61 Å². The van der Waals surface area contributed by atoms with Gasteiger partial charge in [-0.1, -0.05) is 29.8 Å². The molecule has 2 aromatic rings. The lowest BCUT2D eigenvalue weighted by molar-refractivity contribution is -0.146. The lowest BCUT2D eigenvalue weighted by Gasteiger charge is -2.30. The van der Waals surface area contributed by atoms with Gasteiger partial charge in [0.25, 0.3) is 5.91 Å². The Morgan fingerprint density at radius 2 is 1.73 bits per heavy atom. The van der Waals surface area contributed by atoms with Crippen LogP contribution in [0.4, 0.5) is 5.69 Å². The second kappa shape index (κ2) is 10.7. The first-order chi connectivity index (χ1) is 15.6. The van der Waals surface area contributed by atoms with E-state index in [9.17, 15) is 19.5 Å². The Kier molecular flexibility index (Phi) is 7.97. The highest BCUT2D eigenvalue weighted by Gasteiger charge is 2.33. The van der Waals surface area contributed by atoms with Gasteiger partial charge in [-0.2, -0.15) is 0 Å². The predicted molar refractivity (Wildman–Crippen MR) is 127 cm³/mol. The molecule has 0 spiro atoms. The summed E-state index contributed by atoms with van der Waals surface area (Å²) in [6.07, 6.45) is 3.13. The molecule has 0 bridgehead atoms. The molecule has 176 valence electrons. The zero-order chi connectivity index (χ0) is 24.0. The van der Waals surface area contributed by atoms with Crippen LogP contribution >= 0.6 is 11.6 Å². The van der Waals surface area contributed by atoms with Gasteiger partial charge in [0.2, 0.25) is 5.91 Å². The second-order valence-corrected chi connectivity index (χ2v) is 9.32. The molecule has 0 radical (unpaired) electrons. The van der Waals surface area contributed by atoms with Crippen LogP contribution in [0.25, 0.3) is 0 Å². The van der Waals surface area contributed by atoms with Gasteiger partial charge in [0, 0.05) is 16.6 Å². The maximum atomic E-state index is 12.4. The van der Waals surface area contributed by atoms with Crippen LogP contribution in [0.15, 0.2) is 48.5 Å². The zero-order valence-electron chi connectivity index (χ0n) is 18.8. The van der Waals surface area contributed by atoms with Crippen molar-refractivity contribution in [1.29, 1.82) is 0 Å². The highest BCUT2D eigenvalue weighted by atomic mass is 35.5. The van der Waals surface area contributed by atoms with Crippen molar-refractivity contribution in [1.82, 2.24) is 5.32 Å². The van der Waals surface area contributed by atoms with Crippen molar-refractivity contribution < 1.29 is 24.2 Å². The molecule has 0 aromatic heterocycles. The molecule has 0 saturated heterocycles. The molecule has 8 heteroatoms. The summed E-state index contributed by atoms with van der Waals surface area (Å²) in [7, 11) is 0. The van der Waals surface area contributed by atoms with Crippen LogP contribution in [0.1, 0.15) is 51.0 Å². The Hall–Kier alpha value is -3.06. The van der Waals surface area contributed by atoms with Gasteiger partial charge in [-0.3, -0.25) is 9.59 Å². The molecule has 1 saturated carbocycles. The Bertz CT molecular complexity index is 998. The van der Waals surface area contributed by atoms with E-state index in [1.165, 1.54) is 13.8 Å². The number of carbonyl (C=O) groups excluding carboxylic acids is 2. The fraction of sp³-hybridized carbons (Fsp3) is 0.400. The molecule has 1 fully saturated rings. The summed E-state index contributed by atoms with van der Waals surface area (Å²) in [4.78, 5) is 35.8. The molecule has 0 heterocycles. The lowest BCUT2D eigenvalue weighted by atomic mass is 9.78. The van der Waals surface area contributed by atoms with Crippen molar-refractivity contribution >= 4 is 35.1 Å². The van der Waals surface area contributed by atoms with Gasteiger partial charge in [0.1, 0.15) is 11.3 Å². The molecule has 3 N–H and O–H groups in total. The van der Waals surface area contributed by atoms with Crippen LogP contribution in [-0.4, -0.2) is 35.0 Å². The normalized spacial score (nSPS) is 18.3. The number of carboxylic acid groups (broad SMARTS) is 1. The summed E-state index contributed by atoms with van der Waals surface area (Å²) in [6, 6.07) is 14.6. The topological polar surface area (TPSA) is 105 Å². The first-order valence-corrected chi connectivity index (χ1v) is 11.4. The number of hydrogen-bond donors (Lipinski definition) is 3. The molecule has 7 nitrogen and oxygen atoms in total. The summed E-state index contributed by atoms with van der Waals surface area (Å²) in [6.45, 7) is 2.86. The van der Waals surface area contributed by atoms with Crippen molar-refractivity contribution in [3.8, 4) is 5.75 Å². The van der Waals surface area contributed by atoms with E-state index in [1.54, 1.807) is 24.3 Å². The molecule has 1 aliphatic rings. The molecular weight excluding hydrogens is 444 g/mol. The number of amides is 2. The van der Waals surface area contributed by atoms with Crippen LogP contribution in [0, 0.1) is 5.92 Å². The molecule has 2 amide bonds. The van der Waals surface area contributed by atoms with Crippen LogP contribution in [0.5, 0.6) is 5.75 Å².